The molecule has 3 heterocycles. The first-order valence-corrected chi connectivity index (χ1v) is 10.3. The van der Waals surface area contributed by atoms with Crippen LogP contribution in [-0.4, -0.2) is 27.9 Å². The Balaban J connectivity index is 1.66. The fraction of sp³-hybridized carbons (Fsp3) is 0.227. The maximum atomic E-state index is 12.7. The van der Waals surface area contributed by atoms with Crippen molar-refractivity contribution in [3.05, 3.63) is 86.7 Å². The zero-order valence-electron chi connectivity index (χ0n) is 16.7. The summed E-state index contributed by atoms with van der Waals surface area (Å²) in [5.41, 5.74) is 1.49. The fourth-order valence-electron chi connectivity index (χ4n) is 3.39. The third-order valence-electron chi connectivity index (χ3n) is 4.80. The second kappa shape index (κ2) is 8.64. The molecule has 7 nitrogen and oxygen atoms in total. The number of nitrogens with zero attached hydrogens (tertiary/aromatic N) is 2. The molecule has 8 heteroatoms. The van der Waals surface area contributed by atoms with Gasteiger partial charge in [-0.3, -0.25) is 9.69 Å². The second-order valence-electron chi connectivity index (χ2n) is 6.95. The van der Waals surface area contributed by atoms with Crippen LogP contribution >= 0.6 is 11.3 Å². The van der Waals surface area contributed by atoms with Crippen molar-refractivity contribution in [3.8, 4) is 0 Å². The van der Waals surface area contributed by atoms with E-state index in [4.69, 9.17) is 9.15 Å². The monoisotopic (exact) mass is 423 g/mol. The van der Waals surface area contributed by atoms with Crippen molar-refractivity contribution in [2.75, 3.05) is 7.11 Å². The molecule has 0 atom stereocenters. The number of benzene rings is 1. The van der Waals surface area contributed by atoms with E-state index in [9.17, 15) is 9.59 Å². The van der Waals surface area contributed by atoms with Crippen molar-refractivity contribution in [1.82, 2.24) is 14.9 Å². The first-order valence-electron chi connectivity index (χ1n) is 9.44. The molecule has 3 aromatic heterocycles. The number of aryl methyl sites for hydroxylation is 1. The summed E-state index contributed by atoms with van der Waals surface area (Å²) < 4.78 is 10.3. The third kappa shape index (κ3) is 4.19. The SMILES string of the molecule is COC(=O)c1sc2nc(CN(Cc3ccccc3)Cc3ccco3)[nH]c(=O)c2c1C. The Bertz CT molecular complexity index is 1210. The van der Waals surface area contributed by atoms with Gasteiger partial charge in [-0.15, -0.1) is 11.3 Å². The maximum Gasteiger partial charge on any atom is 0.348 e. The molecule has 0 saturated carbocycles. The number of H-pyrrole nitrogens is 1. The van der Waals surface area contributed by atoms with Gasteiger partial charge < -0.3 is 14.1 Å². The van der Waals surface area contributed by atoms with Crippen LogP contribution in [0.1, 0.15) is 32.4 Å². The van der Waals surface area contributed by atoms with Crippen LogP contribution in [0.15, 0.2) is 57.9 Å². The van der Waals surface area contributed by atoms with Gasteiger partial charge in [0.15, 0.2) is 0 Å². The number of fused-ring (bicyclic) bond motifs is 1. The predicted octanol–water partition coefficient (Wildman–Crippen LogP) is 3.88. The molecule has 0 aliphatic carbocycles. The molecule has 0 amide bonds. The van der Waals surface area contributed by atoms with Gasteiger partial charge in [0.1, 0.15) is 21.3 Å². The van der Waals surface area contributed by atoms with Gasteiger partial charge in [-0.1, -0.05) is 30.3 Å². The number of carbonyl (C=O) groups excluding carboxylic acids is 1. The Kier molecular flexibility index (Phi) is 5.78. The van der Waals surface area contributed by atoms with Crippen molar-refractivity contribution in [2.24, 2.45) is 0 Å². The lowest BCUT2D eigenvalue weighted by Crippen LogP contribution is -2.25. The van der Waals surface area contributed by atoms with Crippen LogP contribution in [0.3, 0.4) is 0 Å². The maximum absolute atomic E-state index is 12.7. The van der Waals surface area contributed by atoms with E-state index in [-0.39, 0.29) is 5.56 Å². The van der Waals surface area contributed by atoms with E-state index < -0.39 is 5.97 Å². The lowest BCUT2D eigenvalue weighted by molar-refractivity contribution is 0.0605. The second-order valence-corrected chi connectivity index (χ2v) is 7.95. The highest BCUT2D eigenvalue weighted by atomic mass is 32.1. The van der Waals surface area contributed by atoms with Gasteiger partial charge in [0.2, 0.25) is 0 Å². The molecule has 0 unspecified atom stereocenters. The van der Waals surface area contributed by atoms with E-state index in [0.717, 1.165) is 11.3 Å². The average Bonchev–Trinajstić information content (AvgIpc) is 3.36. The van der Waals surface area contributed by atoms with E-state index in [0.29, 0.717) is 46.1 Å². The summed E-state index contributed by atoms with van der Waals surface area (Å²) in [5, 5.41) is 0.435. The first kappa shape index (κ1) is 20.1. The highest BCUT2D eigenvalue weighted by molar-refractivity contribution is 7.20. The third-order valence-corrected chi connectivity index (χ3v) is 5.97. The van der Waals surface area contributed by atoms with Crippen LogP contribution in [0.2, 0.25) is 0 Å². The molecule has 4 rings (SSSR count). The largest absolute Gasteiger partial charge is 0.468 e. The molecule has 0 spiro atoms. The minimum Gasteiger partial charge on any atom is -0.468 e. The van der Waals surface area contributed by atoms with Crippen LogP contribution in [-0.2, 0) is 24.4 Å². The number of nitrogens with one attached hydrogen (secondary N) is 1. The Hall–Kier alpha value is -3.23. The zero-order chi connectivity index (χ0) is 21.1. The van der Waals surface area contributed by atoms with Crippen LogP contribution in [0.5, 0.6) is 0 Å². The molecule has 0 aliphatic heterocycles. The summed E-state index contributed by atoms with van der Waals surface area (Å²) in [6, 6.07) is 13.9. The van der Waals surface area contributed by atoms with Gasteiger partial charge in [0.25, 0.3) is 5.56 Å². The standard InChI is InChI=1S/C22H21N3O4S/c1-14-18-20(26)23-17(24-21(18)30-19(14)22(27)28-2)13-25(12-16-9-6-10-29-16)11-15-7-4-3-5-8-15/h3-10H,11-13H2,1-2H3,(H,23,24,26). The Labute approximate surface area is 176 Å². The van der Waals surface area contributed by atoms with Gasteiger partial charge in [0, 0.05) is 6.54 Å². The van der Waals surface area contributed by atoms with Crippen LogP contribution in [0, 0.1) is 6.92 Å². The Morgan fingerprint density at radius 1 is 1.17 bits per heavy atom. The Morgan fingerprint density at radius 3 is 2.67 bits per heavy atom. The topological polar surface area (TPSA) is 88.4 Å². The average molecular weight is 423 g/mol. The number of methoxy groups -OCH3 is 1. The van der Waals surface area contributed by atoms with Crippen LogP contribution in [0.4, 0.5) is 0 Å². The van der Waals surface area contributed by atoms with Crippen LogP contribution < -0.4 is 5.56 Å². The van der Waals surface area contributed by atoms with Crippen molar-refractivity contribution >= 4 is 27.5 Å². The molecule has 154 valence electrons. The van der Waals surface area contributed by atoms with Crippen molar-refractivity contribution in [1.29, 1.82) is 0 Å². The highest BCUT2D eigenvalue weighted by Gasteiger charge is 2.20. The molecule has 0 radical (unpaired) electrons. The number of esters is 1. The van der Waals surface area contributed by atoms with Gasteiger partial charge in [-0.05, 0) is 30.2 Å². The summed E-state index contributed by atoms with van der Waals surface area (Å²) in [5.74, 6) is 0.905. The summed E-state index contributed by atoms with van der Waals surface area (Å²) >= 11 is 1.18. The summed E-state index contributed by atoms with van der Waals surface area (Å²) in [6.45, 7) is 3.40. The van der Waals surface area contributed by atoms with Crippen LogP contribution in [0.25, 0.3) is 10.2 Å². The number of aromatic amines is 1. The lowest BCUT2D eigenvalue weighted by Gasteiger charge is -2.20. The smallest absolute Gasteiger partial charge is 0.348 e. The van der Waals surface area contributed by atoms with E-state index in [2.05, 4.69) is 27.0 Å². The van der Waals surface area contributed by atoms with Crippen molar-refractivity contribution in [3.63, 3.8) is 0 Å². The minimum absolute atomic E-state index is 0.253. The summed E-state index contributed by atoms with van der Waals surface area (Å²) in [4.78, 5) is 35.3. The lowest BCUT2D eigenvalue weighted by atomic mass is 10.2. The number of thiophene rings is 1. The number of aromatic nitrogens is 2. The molecule has 1 aromatic carbocycles. The molecule has 1 N–H and O–H groups in total. The molecular formula is C22H21N3O4S. The molecular weight excluding hydrogens is 402 g/mol. The van der Waals surface area contributed by atoms with E-state index in [1.807, 2.05) is 30.3 Å². The normalized spacial score (nSPS) is 11.3. The zero-order valence-corrected chi connectivity index (χ0v) is 17.5. The van der Waals surface area contributed by atoms with Gasteiger partial charge in [-0.25, -0.2) is 9.78 Å². The first-order chi connectivity index (χ1) is 14.5. The van der Waals surface area contributed by atoms with Gasteiger partial charge >= 0.3 is 5.97 Å². The number of hydrogen-bond donors (Lipinski definition) is 1. The molecule has 30 heavy (non-hydrogen) atoms. The molecule has 0 fully saturated rings. The van der Waals surface area contributed by atoms with E-state index in [1.54, 1.807) is 13.2 Å². The van der Waals surface area contributed by atoms with Crippen molar-refractivity contribution in [2.45, 2.75) is 26.6 Å². The quantitative estimate of drug-likeness (QED) is 0.454. The molecule has 0 saturated heterocycles. The summed E-state index contributed by atoms with van der Waals surface area (Å²) in [7, 11) is 1.32. The fourth-order valence-corrected chi connectivity index (χ4v) is 4.51. The number of furan rings is 1. The number of rotatable bonds is 7. The number of hydrogen-bond acceptors (Lipinski definition) is 7. The predicted molar refractivity (Wildman–Crippen MR) is 114 cm³/mol. The summed E-state index contributed by atoms with van der Waals surface area (Å²) in [6.07, 6.45) is 1.64. The molecule has 0 aliphatic rings. The van der Waals surface area contributed by atoms with E-state index >= 15 is 0 Å². The molecule has 0 bridgehead atoms. The van der Waals surface area contributed by atoms with Gasteiger partial charge in [0.05, 0.1) is 31.8 Å². The van der Waals surface area contributed by atoms with E-state index in [1.165, 1.54) is 18.4 Å². The van der Waals surface area contributed by atoms with Gasteiger partial charge in [-0.2, -0.15) is 0 Å². The number of carbonyl (C=O) groups is 1. The Morgan fingerprint density at radius 2 is 1.97 bits per heavy atom. The van der Waals surface area contributed by atoms with Crippen molar-refractivity contribution < 1.29 is 13.9 Å². The molecule has 4 aromatic rings. The minimum atomic E-state index is -0.458. The highest BCUT2D eigenvalue weighted by Crippen LogP contribution is 2.27. The number of ether oxygens (including phenoxy) is 1.